The molecule has 0 atom stereocenters. The summed E-state index contributed by atoms with van der Waals surface area (Å²) in [7, 11) is 1.58. The van der Waals surface area contributed by atoms with Gasteiger partial charge in [-0.1, -0.05) is 46.3 Å². The van der Waals surface area contributed by atoms with Gasteiger partial charge in [0.1, 0.15) is 12.4 Å². The van der Waals surface area contributed by atoms with Gasteiger partial charge >= 0.3 is 0 Å². The van der Waals surface area contributed by atoms with E-state index in [0.29, 0.717) is 23.9 Å². The Bertz CT molecular complexity index is 992. The number of nitrogens with zero attached hydrogens (tertiary/aromatic N) is 1. The Morgan fingerprint density at radius 3 is 2.50 bits per heavy atom. The smallest absolute Gasteiger partial charge is 0.277 e. The predicted molar refractivity (Wildman–Crippen MR) is 119 cm³/mol. The highest BCUT2D eigenvalue weighted by molar-refractivity contribution is 9.10. The first-order chi connectivity index (χ1) is 14.6. The van der Waals surface area contributed by atoms with Gasteiger partial charge in [0.15, 0.2) is 18.1 Å². The van der Waals surface area contributed by atoms with Crippen molar-refractivity contribution < 1.29 is 19.0 Å². The Kier molecular flexibility index (Phi) is 7.86. The molecule has 0 radical (unpaired) electrons. The van der Waals surface area contributed by atoms with Crippen molar-refractivity contribution in [3.8, 4) is 17.2 Å². The van der Waals surface area contributed by atoms with E-state index in [1.54, 1.807) is 25.3 Å². The van der Waals surface area contributed by atoms with Crippen molar-refractivity contribution in [3.05, 3.63) is 88.4 Å². The van der Waals surface area contributed by atoms with Crippen LogP contribution in [0.3, 0.4) is 0 Å². The van der Waals surface area contributed by atoms with Gasteiger partial charge in [-0.25, -0.2) is 5.43 Å². The fraction of sp³-hybridized carbons (Fsp3) is 0.130. The van der Waals surface area contributed by atoms with Crippen molar-refractivity contribution in [1.29, 1.82) is 0 Å². The molecule has 1 amide bonds. The highest BCUT2D eigenvalue weighted by Gasteiger charge is 2.06. The molecule has 0 heterocycles. The van der Waals surface area contributed by atoms with Gasteiger partial charge in [0.2, 0.25) is 0 Å². The Balaban J connectivity index is 1.50. The van der Waals surface area contributed by atoms with Gasteiger partial charge in [0.05, 0.1) is 13.3 Å². The van der Waals surface area contributed by atoms with Crippen LogP contribution in [0.4, 0.5) is 0 Å². The standard InChI is InChI=1S/C23H21BrN2O4/c1-28-22-13-18(7-12-21(22)30-15-17-5-3-2-4-6-17)14-25-26-23(27)16-29-20-10-8-19(24)9-11-20/h2-14H,15-16H2,1H3,(H,26,27). The van der Waals surface area contributed by atoms with Gasteiger partial charge in [0, 0.05) is 4.47 Å². The molecule has 154 valence electrons. The fourth-order valence-electron chi connectivity index (χ4n) is 2.51. The summed E-state index contributed by atoms with van der Waals surface area (Å²) in [5.41, 5.74) is 4.26. The predicted octanol–water partition coefficient (Wildman–Crippen LogP) is 4.57. The lowest BCUT2D eigenvalue weighted by Crippen LogP contribution is -2.24. The lowest BCUT2D eigenvalue weighted by atomic mass is 10.2. The summed E-state index contributed by atoms with van der Waals surface area (Å²) in [6.07, 6.45) is 1.53. The Morgan fingerprint density at radius 1 is 1.00 bits per heavy atom. The maximum atomic E-state index is 11.9. The topological polar surface area (TPSA) is 69.2 Å². The molecular weight excluding hydrogens is 448 g/mol. The van der Waals surface area contributed by atoms with Gasteiger partial charge in [-0.15, -0.1) is 0 Å². The molecular formula is C23H21BrN2O4. The van der Waals surface area contributed by atoms with Crippen molar-refractivity contribution in [1.82, 2.24) is 5.43 Å². The number of hydrogen-bond donors (Lipinski definition) is 1. The summed E-state index contributed by atoms with van der Waals surface area (Å²) in [6, 6.07) is 22.5. The monoisotopic (exact) mass is 468 g/mol. The third kappa shape index (κ3) is 6.63. The van der Waals surface area contributed by atoms with Crippen LogP contribution in [0.5, 0.6) is 17.2 Å². The largest absolute Gasteiger partial charge is 0.493 e. The van der Waals surface area contributed by atoms with Gasteiger partial charge < -0.3 is 14.2 Å². The molecule has 0 saturated carbocycles. The number of hydrogen-bond acceptors (Lipinski definition) is 5. The summed E-state index contributed by atoms with van der Waals surface area (Å²) in [5.74, 6) is 1.46. The van der Waals surface area contributed by atoms with Gasteiger partial charge in [0.25, 0.3) is 5.91 Å². The molecule has 3 aromatic rings. The average Bonchev–Trinajstić information content (AvgIpc) is 2.78. The zero-order chi connectivity index (χ0) is 21.2. The number of benzene rings is 3. The van der Waals surface area contributed by atoms with E-state index in [0.717, 1.165) is 15.6 Å². The van der Waals surface area contributed by atoms with Crippen LogP contribution in [0, 0.1) is 0 Å². The van der Waals surface area contributed by atoms with Crippen molar-refractivity contribution in [2.24, 2.45) is 5.10 Å². The third-order valence-electron chi connectivity index (χ3n) is 4.01. The highest BCUT2D eigenvalue weighted by Crippen LogP contribution is 2.28. The van der Waals surface area contributed by atoms with E-state index in [1.165, 1.54) is 6.21 Å². The van der Waals surface area contributed by atoms with E-state index >= 15 is 0 Å². The maximum Gasteiger partial charge on any atom is 0.277 e. The molecule has 7 heteroatoms. The zero-order valence-corrected chi connectivity index (χ0v) is 18.0. The molecule has 0 spiro atoms. The van der Waals surface area contributed by atoms with Crippen LogP contribution in [-0.4, -0.2) is 25.8 Å². The first kappa shape index (κ1) is 21.4. The van der Waals surface area contributed by atoms with Crippen LogP contribution < -0.4 is 19.6 Å². The van der Waals surface area contributed by atoms with Crippen molar-refractivity contribution in [2.75, 3.05) is 13.7 Å². The highest BCUT2D eigenvalue weighted by atomic mass is 79.9. The maximum absolute atomic E-state index is 11.9. The van der Waals surface area contributed by atoms with E-state index in [1.807, 2.05) is 54.6 Å². The van der Waals surface area contributed by atoms with Crippen LogP contribution >= 0.6 is 15.9 Å². The molecule has 0 saturated heterocycles. The fourth-order valence-corrected chi connectivity index (χ4v) is 2.77. The number of amides is 1. The summed E-state index contributed by atoms with van der Waals surface area (Å²) in [4.78, 5) is 11.9. The first-order valence-electron chi connectivity index (χ1n) is 9.19. The molecule has 0 fully saturated rings. The number of carbonyl (C=O) groups excluding carboxylic acids is 1. The van der Waals surface area contributed by atoms with Crippen LogP contribution in [0.2, 0.25) is 0 Å². The number of ether oxygens (including phenoxy) is 3. The van der Waals surface area contributed by atoms with Gasteiger partial charge in [-0.3, -0.25) is 4.79 Å². The number of nitrogens with one attached hydrogen (secondary N) is 1. The molecule has 0 aliphatic carbocycles. The minimum Gasteiger partial charge on any atom is -0.493 e. The third-order valence-corrected chi connectivity index (χ3v) is 4.54. The van der Waals surface area contributed by atoms with Crippen LogP contribution in [-0.2, 0) is 11.4 Å². The van der Waals surface area contributed by atoms with E-state index in [-0.39, 0.29) is 12.5 Å². The van der Waals surface area contributed by atoms with E-state index in [4.69, 9.17) is 14.2 Å². The Morgan fingerprint density at radius 2 is 1.77 bits per heavy atom. The molecule has 0 aromatic heterocycles. The Hall–Kier alpha value is -3.32. The van der Waals surface area contributed by atoms with Gasteiger partial charge in [-0.05, 0) is 53.6 Å². The normalized spacial score (nSPS) is 10.6. The summed E-state index contributed by atoms with van der Waals surface area (Å²) in [5, 5.41) is 3.96. The molecule has 0 bridgehead atoms. The minimum atomic E-state index is -0.357. The lowest BCUT2D eigenvalue weighted by Gasteiger charge is -2.11. The number of halogens is 1. The molecule has 6 nitrogen and oxygen atoms in total. The number of carbonyl (C=O) groups is 1. The second kappa shape index (κ2) is 11.0. The van der Waals surface area contributed by atoms with Crippen LogP contribution in [0.1, 0.15) is 11.1 Å². The van der Waals surface area contributed by atoms with E-state index in [2.05, 4.69) is 26.5 Å². The number of methoxy groups -OCH3 is 1. The molecule has 30 heavy (non-hydrogen) atoms. The lowest BCUT2D eigenvalue weighted by molar-refractivity contribution is -0.123. The van der Waals surface area contributed by atoms with E-state index < -0.39 is 0 Å². The quantitative estimate of drug-likeness (QED) is 0.369. The van der Waals surface area contributed by atoms with Crippen LogP contribution in [0.25, 0.3) is 0 Å². The van der Waals surface area contributed by atoms with Crippen molar-refractivity contribution >= 4 is 28.1 Å². The van der Waals surface area contributed by atoms with E-state index in [9.17, 15) is 4.79 Å². The molecule has 3 rings (SSSR count). The Labute approximate surface area is 183 Å². The summed E-state index contributed by atoms with van der Waals surface area (Å²) >= 11 is 3.35. The molecule has 0 aliphatic rings. The number of rotatable bonds is 9. The first-order valence-corrected chi connectivity index (χ1v) is 9.98. The van der Waals surface area contributed by atoms with Gasteiger partial charge in [-0.2, -0.15) is 5.10 Å². The SMILES string of the molecule is COc1cc(C=NNC(=O)COc2ccc(Br)cc2)ccc1OCc1ccccc1. The minimum absolute atomic E-state index is 0.130. The number of hydrazone groups is 1. The van der Waals surface area contributed by atoms with Crippen molar-refractivity contribution in [3.63, 3.8) is 0 Å². The van der Waals surface area contributed by atoms with Crippen LogP contribution in [0.15, 0.2) is 82.4 Å². The van der Waals surface area contributed by atoms with Crippen molar-refractivity contribution in [2.45, 2.75) is 6.61 Å². The second-order valence-electron chi connectivity index (χ2n) is 6.22. The second-order valence-corrected chi connectivity index (χ2v) is 7.14. The summed E-state index contributed by atoms with van der Waals surface area (Å²) < 4.78 is 17.6. The average molecular weight is 469 g/mol. The molecule has 0 unspecified atom stereocenters. The summed E-state index contributed by atoms with van der Waals surface area (Å²) in [6.45, 7) is 0.313. The molecule has 3 aromatic carbocycles. The zero-order valence-electron chi connectivity index (χ0n) is 16.4. The molecule has 0 aliphatic heterocycles. The molecule has 1 N–H and O–H groups in total.